The van der Waals surface area contributed by atoms with E-state index in [1.807, 2.05) is 13.8 Å². The average Bonchev–Trinajstić information content (AvgIpc) is 2.41. The molecule has 2 N–H and O–H groups in total. The quantitative estimate of drug-likeness (QED) is 0.701. The third kappa shape index (κ3) is 1.80. The molecule has 84 valence electrons. The standard InChI is InChI=1S/C10H20O4/c1-4-8-7(2)10(12,5-6-11)9(13-3)14-8/h7-9,11-12H,4-6H2,1-3H3/t7-,8-,9?,10-/m1/s1. The van der Waals surface area contributed by atoms with E-state index in [1.165, 1.54) is 7.11 Å². The summed E-state index contributed by atoms with van der Waals surface area (Å²) in [5, 5.41) is 19.2. The Hall–Kier alpha value is -0.160. The first kappa shape index (κ1) is 11.9. The first-order valence-electron chi connectivity index (χ1n) is 5.11. The van der Waals surface area contributed by atoms with Crippen LogP contribution in [0.4, 0.5) is 0 Å². The fourth-order valence-electron chi connectivity index (χ4n) is 2.17. The molecule has 0 bridgehead atoms. The molecule has 1 saturated heterocycles. The van der Waals surface area contributed by atoms with Gasteiger partial charge in [0.05, 0.1) is 6.10 Å². The van der Waals surface area contributed by atoms with E-state index in [0.717, 1.165) is 6.42 Å². The lowest BCUT2D eigenvalue weighted by Crippen LogP contribution is -2.45. The molecule has 0 radical (unpaired) electrons. The van der Waals surface area contributed by atoms with Crippen LogP contribution in [0.3, 0.4) is 0 Å². The Kier molecular flexibility index (Phi) is 3.89. The van der Waals surface area contributed by atoms with Crippen molar-refractivity contribution in [2.75, 3.05) is 13.7 Å². The zero-order chi connectivity index (χ0) is 10.8. The Morgan fingerprint density at radius 1 is 1.50 bits per heavy atom. The summed E-state index contributed by atoms with van der Waals surface area (Å²) in [5.74, 6) is -0.00963. The van der Waals surface area contributed by atoms with Gasteiger partial charge in [0.15, 0.2) is 6.29 Å². The van der Waals surface area contributed by atoms with E-state index in [-0.39, 0.29) is 18.6 Å². The molecule has 0 saturated carbocycles. The number of hydrogen-bond acceptors (Lipinski definition) is 4. The minimum Gasteiger partial charge on any atom is -0.396 e. The van der Waals surface area contributed by atoms with Gasteiger partial charge in [-0.25, -0.2) is 0 Å². The lowest BCUT2D eigenvalue weighted by atomic mass is 9.84. The second kappa shape index (κ2) is 4.57. The molecule has 1 unspecified atom stereocenters. The Morgan fingerprint density at radius 3 is 2.57 bits per heavy atom. The number of rotatable bonds is 4. The molecule has 14 heavy (non-hydrogen) atoms. The first-order valence-corrected chi connectivity index (χ1v) is 5.11. The molecule has 1 aliphatic heterocycles. The Bertz CT molecular complexity index is 181. The molecule has 1 rings (SSSR count). The van der Waals surface area contributed by atoms with Gasteiger partial charge in [0, 0.05) is 26.1 Å². The van der Waals surface area contributed by atoms with Gasteiger partial charge in [-0.2, -0.15) is 0 Å². The summed E-state index contributed by atoms with van der Waals surface area (Å²) >= 11 is 0. The Morgan fingerprint density at radius 2 is 2.14 bits per heavy atom. The van der Waals surface area contributed by atoms with Gasteiger partial charge >= 0.3 is 0 Å². The largest absolute Gasteiger partial charge is 0.396 e. The molecular weight excluding hydrogens is 184 g/mol. The molecule has 0 aromatic rings. The van der Waals surface area contributed by atoms with Crippen molar-refractivity contribution in [2.45, 2.75) is 44.7 Å². The second-order valence-corrected chi connectivity index (χ2v) is 3.90. The van der Waals surface area contributed by atoms with Crippen molar-refractivity contribution < 1.29 is 19.7 Å². The van der Waals surface area contributed by atoms with E-state index in [0.29, 0.717) is 6.42 Å². The fourth-order valence-corrected chi connectivity index (χ4v) is 2.17. The summed E-state index contributed by atoms with van der Waals surface area (Å²) < 4.78 is 10.7. The Balaban J connectivity index is 2.78. The van der Waals surface area contributed by atoms with Crippen molar-refractivity contribution in [3.05, 3.63) is 0 Å². The number of aliphatic hydroxyl groups excluding tert-OH is 1. The second-order valence-electron chi connectivity index (χ2n) is 3.90. The summed E-state index contributed by atoms with van der Waals surface area (Å²) in [6.07, 6.45) is 0.531. The maximum Gasteiger partial charge on any atom is 0.186 e. The Labute approximate surface area is 84.8 Å². The number of hydrogen-bond donors (Lipinski definition) is 2. The van der Waals surface area contributed by atoms with Crippen LogP contribution in [-0.4, -0.2) is 41.9 Å². The van der Waals surface area contributed by atoms with E-state index in [1.54, 1.807) is 0 Å². The van der Waals surface area contributed by atoms with Gasteiger partial charge in [-0.3, -0.25) is 0 Å². The van der Waals surface area contributed by atoms with Crippen LogP contribution in [0.5, 0.6) is 0 Å². The van der Waals surface area contributed by atoms with Crippen molar-refractivity contribution in [1.29, 1.82) is 0 Å². The molecule has 4 heteroatoms. The van der Waals surface area contributed by atoms with Crippen LogP contribution in [0.15, 0.2) is 0 Å². The highest BCUT2D eigenvalue weighted by molar-refractivity contribution is 4.96. The summed E-state index contributed by atoms with van der Waals surface area (Å²) in [7, 11) is 1.51. The smallest absolute Gasteiger partial charge is 0.186 e. The molecule has 1 fully saturated rings. The lowest BCUT2D eigenvalue weighted by Gasteiger charge is -2.30. The van der Waals surface area contributed by atoms with Gasteiger partial charge in [0.1, 0.15) is 5.60 Å². The third-order valence-electron chi connectivity index (χ3n) is 3.18. The van der Waals surface area contributed by atoms with Crippen LogP contribution >= 0.6 is 0 Å². The fraction of sp³-hybridized carbons (Fsp3) is 1.00. The number of methoxy groups -OCH3 is 1. The molecule has 0 aromatic heterocycles. The zero-order valence-corrected chi connectivity index (χ0v) is 9.06. The maximum atomic E-state index is 10.3. The SMILES string of the molecule is CC[C@H]1OC(OC)[C@@](O)(CCO)[C@@H]1C. The highest BCUT2D eigenvalue weighted by Crippen LogP contribution is 2.39. The highest BCUT2D eigenvalue weighted by Gasteiger charge is 2.52. The van der Waals surface area contributed by atoms with Crippen molar-refractivity contribution in [3.63, 3.8) is 0 Å². The number of aliphatic hydroxyl groups is 2. The van der Waals surface area contributed by atoms with Crippen LogP contribution < -0.4 is 0 Å². The third-order valence-corrected chi connectivity index (χ3v) is 3.18. The molecule has 4 atom stereocenters. The van der Waals surface area contributed by atoms with E-state index < -0.39 is 11.9 Å². The van der Waals surface area contributed by atoms with E-state index in [2.05, 4.69) is 0 Å². The predicted octanol–water partition coefficient (Wildman–Crippen LogP) is 0.517. The van der Waals surface area contributed by atoms with Crippen molar-refractivity contribution in [1.82, 2.24) is 0 Å². The summed E-state index contributed by atoms with van der Waals surface area (Å²) in [6.45, 7) is 3.89. The van der Waals surface area contributed by atoms with Crippen LogP contribution in [0.25, 0.3) is 0 Å². The predicted molar refractivity (Wildman–Crippen MR) is 51.8 cm³/mol. The van der Waals surface area contributed by atoms with Crippen molar-refractivity contribution >= 4 is 0 Å². The van der Waals surface area contributed by atoms with Gasteiger partial charge in [-0.05, 0) is 6.42 Å². The minimum absolute atomic E-state index is 0.00963. The highest BCUT2D eigenvalue weighted by atomic mass is 16.7. The average molecular weight is 204 g/mol. The molecule has 1 aliphatic rings. The topological polar surface area (TPSA) is 58.9 Å². The van der Waals surface area contributed by atoms with Crippen molar-refractivity contribution in [2.24, 2.45) is 5.92 Å². The normalized spacial score (nSPS) is 43.1. The molecular formula is C10H20O4. The number of ether oxygens (including phenoxy) is 2. The van der Waals surface area contributed by atoms with Crippen molar-refractivity contribution in [3.8, 4) is 0 Å². The van der Waals surface area contributed by atoms with E-state index >= 15 is 0 Å². The van der Waals surface area contributed by atoms with E-state index in [4.69, 9.17) is 14.6 Å². The van der Waals surface area contributed by atoms with Gasteiger partial charge in [-0.15, -0.1) is 0 Å². The van der Waals surface area contributed by atoms with Gasteiger partial charge in [-0.1, -0.05) is 13.8 Å². The summed E-state index contributed by atoms with van der Waals surface area (Å²) in [4.78, 5) is 0. The van der Waals surface area contributed by atoms with Gasteiger partial charge in [0.2, 0.25) is 0 Å². The molecule has 0 aromatic carbocycles. The molecule has 0 spiro atoms. The lowest BCUT2D eigenvalue weighted by molar-refractivity contribution is -0.193. The molecule has 0 amide bonds. The minimum atomic E-state index is -1.05. The first-order chi connectivity index (χ1) is 6.60. The van der Waals surface area contributed by atoms with Crippen LogP contribution in [0, 0.1) is 5.92 Å². The molecule has 0 aliphatic carbocycles. The van der Waals surface area contributed by atoms with Crippen LogP contribution in [0.1, 0.15) is 26.7 Å². The summed E-state index contributed by atoms with van der Waals surface area (Å²) in [5.41, 5.74) is -1.05. The monoisotopic (exact) mass is 204 g/mol. The van der Waals surface area contributed by atoms with Gasteiger partial charge in [0.25, 0.3) is 0 Å². The van der Waals surface area contributed by atoms with Crippen LogP contribution in [-0.2, 0) is 9.47 Å². The zero-order valence-electron chi connectivity index (χ0n) is 9.06. The van der Waals surface area contributed by atoms with E-state index in [9.17, 15) is 5.11 Å². The molecule has 4 nitrogen and oxygen atoms in total. The van der Waals surface area contributed by atoms with Crippen LogP contribution in [0.2, 0.25) is 0 Å². The van der Waals surface area contributed by atoms with Gasteiger partial charge < -0.3 is 19.7 Å². The maximum absolute atomic E-state index is 10.3. The summed E-state index contributed by atoms with van der Waals surface area (Å²) in [6, 6.07) is 0. The molecule has 1 heterocycles.